The number of amides is 2. The molecule has 1 saturated carbocycles. The molecule has 1 heterocycles. The zero-order chi connectivity index (χ0) is 14.2. The van der Waals surface area contributed by atoms with E-state index in [-0.39, 0.29) is 28.8 Å². The standard InChI is InChI=1S/C14H19N3O2/c1-9(14(2)7-8-14)17(3)13(19)11-6-4-5-10(16-11)12(15)18/h4-6,9H,7-8H2,1-3H3,(H2,15,18). The Kier molecular flexibility index (Phi) is 3.30. The summed E-state index contributed by atoms with van der Waals surface area (Å²) in [6, 6.07) is 4.88. The van der Waals surface area contributed by atoms with Crippen LogP contribution in [0.3, 0.4) is 0 Å². The van der Waals surface area contributed by atoms with Gasteiger partial charge in [-0.3, -0.25) is 9.59 Å². The van der Waals surface area contributed by atoms with Gasteiger partial charge in [-0.2, -0.15) is 0 Å². The number of carbonyl (C=O) groups is 2. The van der Waals surface area contributed by atoms with E-state index in [9.17, 15) is 9.59 Å². The van der Waals surface area contributed by atoms with E-state index >= 15 is 0 Å². The van der Waals surface area contributed by atoms with Gasteiger partial charge in [-0.15, -0.1) is 0 Å². The molecule has 1 aromatic rings. The maximum Gasteiger partial charge on any atom is 0.272 e. The molecule has 19 heavy (non-hydrogen) atoms. The number of aromatic nitrogens is 1. The van der Waals surface area contributed by atoms with Gasteiger partial charge in [0.15, 0.2) is 0 Å². The highest BCUT2D eigenvalue weighted by Gasteiger charge is 2.45. The highest BCUT2D eigenvalue weighted by Crippen LogP contribution is 2.49. The van der Waals surface area contributed by atoms with E-state index in [1.807, 2.05) is 6.92 Å². The second-order valence-corrected chi connectivity index (χ2v) is 5.52. The van der Waals surface area contributed by atoms with Crippen molar-refractivity contribution in [3.63, 3.8) is 0 Å². The maximum atomic E-state index is 12.3. The second kappa shape index (κ2) is 4.64. The average molecular weight is 261 g/mol. The molecular formula is C14H19N3O2. The first-order chi connectivity index (χ1) is 8.85. The second-order valence-electron chi connectivity index (χ2n) is 5.52. The van der Waals surface area contributed by atoms with Gasteiger partial charge in [0, 0.05) is 13.1 Å². The molecule has 0 aromatic carbocycles. The molecule has 1 fully saturated rings. The van der Waals surface area contributed by atoms with Gasteiger partial charge in [-0.05, 0) is 37.3 Å². The molecule has 102 valence electrons. The first kappa shape index (κ1) is 13.5. The number of pyridine rings is 1. The molecule has 0 bridgehead atoms. The van der Waals surface area contributed by atoms with Crippen molar-refractivity contribution in [3.05, 3.63) is 29.6 Å². The predicted octanol–water partition coefficient (Wildman–Crippen LogP) is 1.44. The van der Waals surface area contributed by atoms with Crippen molar-refractivity contribution >= 4 is 11.8 Å². The molecule has 1 atom stereocenters. The van der Waals surface area contributed by atoms with Gasteiger partial charge in [0.25, 0.3) is 11.8 Å². The Labute approximate surface area is 112 Å². The van der Waals surface area contributed by atoms with Crippen LogP contribution in [0.5, 0.6) is 0 Å². The third kappa shape index (κ3) is 2.59. The molecule has 0 radical (unpaired) electrons. The van der Waals surface area contributed by atoms with E-state index in [1.54, 1.807) is 24.1 Å². The Hall–Kier alpha value is -1.91. The van der Waals surface area contributed by atoms with Gasteiger partial charge in [0.05, 0.1) is 0 Å². The maximum absolute atomic E-state index is 12.3. The van der Waals surface area contributed by atoms with Crippen LogP contribution in [0, 0.1) is 5.41 Å². The van der Waals surface area contributed by atoms with E-state index in [1.165, 1.54) is 6.07 Å². The molecule has 0 aliphatic heterocycles. The van der Waals surface area contributed by atoms with E-state index in [4.69, 9.17) is 5.73 Å². The van der Waals surface area contributed by atoms with E-state index in [0.717, 1.165) is 12.8 Å². The first-order valence-electron chi connectivity index (χ1n) is 6.39. The summed E-state index contributed by atoms with van der Waals surface area (Å²) in [5, 5.41) is 0. The Bertz CT molecular complexity index is 523. The van der Waals surface area contributed by atoms with E-state index in [0.29, 0.717) is 0 Å². The van der Waals surface area contributed by atoms with Crippen LogP contribution in [-0.4, -0.2) is 34.8 Å². The van der Waals surface area contributed by atoms with Crippen LogP contribution in [0.2, 0.25) is 0 Å². The lowest BCUT2D eigenvalue weighted by molar-refractivity contribution is 0.0678. The minimum atomic E-state index is -0.625. The van der Waals surface area contributed by atoms with Crippen molar-refractivity contribution in [1.82, 2.24) is 9.88 Å². The SMILES string of the molecule is CC(N(C)C(=O)c1cccc(C(N)=O)n1)C1(C)CC1. The number of hydrogen-bond acceptors (Lipinski definition) is 3. The summed E-state index contributed by atoms with van der Waals surface area (Å²) >= 11 is 0. The Morgan fingerprint density at radius 2 is 1.95 bits per heavy atom. The van der Waals surface area contributed by atoms with Crippen molar-refractivity contribution in [1.29, 1.82) is 0 Å². The van der Waals surface area contributed by atoms with Crippen molar-refractivity contribution in [2.24, 2.45) is 11.1 Å². The minimum Gasteiger partial charge on any atom is -0.364 e. The molecule has 5 nitrogen and oxygen atoms in total. The van der Waals surface area contributed by atoms with Crippen LogP contribution in [-0.2, 0) is 0 Å². The molecular weight excluding hydrogens is 242 g/mol. The van der Waals surface area contributed by atoms with Gasteiger partial charge in [0.2, 0.25) is 0 Å². The van der Waals surface area contributed by atoms with Crippen LogP contribution in [0.4, 0.5) is 0 Å². The summed E-state index contributed by atoms with van der Waals surface area (Å²) in [7, 11) is 1.77. The molecule has 1 unspecified atom stereocenters. The number of rotatable bonds is 4. The quantitative estimate of drug-likeness (QED) is 0.891. The van der Waals surface area contributed by atoms with Crippen molar-refractivity contribution in [2.45, 2.75) is 32.7 Å². The molecule has 2 rings (SSSR count). The molecule has 0 saturated heterocycles. The molecule has 5 heteroatoms. The number of hydrogen-bond donors (Lipinski definition) is 1. The molecule has 1 aliphatic rings. The van der Waals surface area contributed by atoms with Crippen LogP contribution in [0.25, 0.3) is 0 Å². The molecule has 1 aliphatic carbocycles. The lowest BCUT2D eigenvalue weighted by Gasteiger charge is -2.29. The number of nitrogens with two attached hydrogens (primary N) is 1. The highest BCUT2D eigenvalue weighted by molar-refractivity contribution is 5.95. The van der Waals surface area contributed by atoms with E-state index < -0.39 is 5.91 Å². The lowest BCUT2D eigenvalue weighted by atomic mass is 9.99. The number of carbonyl (C=O) groups excluding carboxylic acids is 2. The van der Waals surface area contributed by atoms with Crippen molar-refractivity contribution in [2.75, 3.05) is 7.05 Å². The number of primary amides is 1. The van der Waals surface area contributed by atoms with Crippen LogP contribution >= 0.6 is 0 Å². The summed E-state index contributed by atoms with van der Waals surface area (Å²) in [5.74, 6) is -0.803. The predicted molar refractivity (Wildman–Crippen MR) is 71.7 cm³/mol. The highest BCUT2D eigenvalue weighted by atomic mass is 16.2. The fraction of sp³-hybridized carbons (Fsp3) is 0.500. The minimum absolute atomic E-state index is 0.115. The van der Waals surface area contributed by atoms with Crippen LogP contribution < -0.4 is 5.73 Å². The fourth-order valence-electron chi connectivity index (χ4n) is 2.13. The lowest BCUT2D eigenvalue weighted by Crippen LogP contribution is -2.40. The summed E-state index contributed by atoms with van der Waals surface area (Å²) < 4.78 is 0. The first-order valence-corrected chi connectivity index (χ1v) is 6.39. The topological polar surface area (TPSA) is 76.3 Å². The Balaban J connectivity index is 2.19. The largest absolute Gasteiger partial charge is 0.364 e. The van der Waals surface area contributed by atoms with Crippen molar-refractivity contribution < 1.29 is 9.59 Å². The summed E-state index contributed by atoms with van der Waals surface area (Å²) in [6.45, 7) is 4.22. The monoisotopic (exact) mass is 261 g/mol. The Morgan fingerprint density at radius 3 is 2.47 bits per heavy atom. The summed E-state index contributed by atoms with van der Waals surface area (Å²) in [5.41, 5.74) is 5.76. The zero-order valence-corrected chi connectivity index (χ0v) is 11.5. The summed E-state index contributed by atoms with van der Waals surface area (Å²) in [4.78, 5) is 29.1. The average Bonchev–Trinajstić information content (AvgIpc) is 3.15. The third-order valence-corrected chi connectivity index (χ3v) is 4.17. The zero-order valence-electron chi connectivity index (χ0n) is 11.5. The fourth-order valence-corrected chi connectivity index (χ4v) is 2.13. The van der Waals surface area contributed by atoms with Gasteiger partial charge in [-0.1, -0.05) is 13.0 Å². The van der Waals surface area contributed by atoms with Gasteiger partial charge < -0.3 is 10.6 Å². The Morgan fingerprint density at radius 1 is 1.37 bits per heavy atom. The van der Waals surface area contributed by atoms with Crippen LogP contribution in [0.15, 0.2) is 18.2 Å². The summed E-state index contributed by atoms with van der Waals surface area (Å²) in [6.07, 6.45) is 2.28. The third-order valence-electron chi connectivity index (χ3n) is 4.17. The van der Waals surface area contributed by atoms with Gasteiger partial charge in [0.1, 0.15) is 11.4 Å². The molecule has 0 spiro atoms. The molecule has 2 amide bonds. The van der Waals surface area contributed by atoms with Gasteiger partial charge in [-0.25, -0.2) is 4.98 Å². The smallest absolute Gasteiger partial charge is 0.272 e. The normalized spacial score (nSPS) is 17.6. The van der Waals surface area contributed by atoms with E-state index in [2.05, 4.69) is 11.9 Å². The number of nitrogens with zero attached hydrogens (tertiary/aromatic N) is 2. The molecule has 1 aromatic heterocycles. The molecule has 2 N–H and O–H groups in total. The van der Waals surface area contributed by atoms with Gasteiger partial charge >= 0.3 is 0 Å². The van der Waals surface area contributed by atoms with Crippen molar-refractivity contribution in [3.8, 4) is 0 Å². The van der Waals surface area contributed by atoms with Crippen LogP contribution in [0.1, 0.15) is 47.7 Å².